The number of benzene rings is 1. The molecule has 0 radical (unpaired) electrons. The number of nitrogens with zero attached hydrogens (tertiary/aromatic N) is 6. The van der Waals surface area contributed by atoms with Crippen molar-refractivity contribution in [3.05, 3.63) is 46.9 Å². The summed E-state index contributed by atoms with van der Waals surface area (Å²) in [5.41, 5.74) is -10.2. The molecule has 1 fully saturated rings. The zero-order valence-corrected chi connectivity index (χ0v) is 22.3. The third-order valence-electron chi connectivity index (χ3n) is 6.50. The van der Waals surface area contributed by atoms with Gasteiger partial charge >= 0.3 is 24.6 Å². The average molecular weight is 643 g/mol. The molecule has 2 heterocycles. The van der Waals surface area contributed by atoms with Crippen molar-refractivity contribution in [1.29, 1.82) is 5.26 Å². The largest absolute Gasteiger partial charge is 0.437 e. The van der Waals surface area contributed by atoms with Gasteiger partial charge in [-0.2, -0.15) is 50.6 Å². The fourth-order valence-corrected chi connectivity index (χ4v) is 4.52. The summed E-state index contributed by atoms with van der Waals surface area (Å²) in [4.78, 5) is 26.2. The van der Waals surface area contributed by atoms with Crippen molar-refractivity contribution in [3.8, 4) is 28.8 Å². The summed E-state index contributed by atoms with van der Waals surface area (Å²) in [7, 11) is 0.740. The minimum atomic E-state index is -6.68. The highest BCUT2D eigenvalue weighted by molar-refractivity contribution is 6.34. The number of aryl methyl sites for hydroxylation is 1. The van der Waals surface area contributed by atoms with E-state index in [0.29, 0.717) is 4.68 Å². The summed E-state index contributed by atoms with van der Waals surface area (Å²) in [5.74, 6) is -4.58. The van der Waals surface area contributed by atoms with E-state index in [-0.39, 0.29) is 39.2 Å². The third-order valence-corrected chi connectivity index (χ3v) is 6.83. The first-order chi connectivity index (χ1) is 19.8. The number of ether oxygens (including phenoxy) is 1. The van der Waals surface area contributed by atoms with Crippen LogP contribution in [-0.4, -0.2) is 60.8 Å². The van der Waals surface area contributed by atoms with Gasteiger partial charge in [-0.1, -0.05) is 17.7 Å². The number of alkyl halides is 9. The Balaban J connectivity index is 1.82. The Labute approximate surface area is 240 Å². The lowest BCUT2D eigenvalue weighted by Gasteiger charge is -2.28. The van der Waals surface area contributed by atoms with E-state index >= 15 is 0 Å². The normalized spacial score (nSPS) is 14.9. The van der Waals surface area contributed by atoms with E-state index in [1.54, 1.807) is 0 Å². The van der Waals surface area contributed by atoms with Crippen molar-refractivity contribution in [2.24, 2.45) is 7.05 Å². The molecule has 0 saturated heterocycles. The number of nitriles is 1. The molecule has 19 heteroatoms. The van der Waals surface area contributed by atoms with Crippen LogP contribution >= 0.6 is 11.6 Å². The van der Waals surface area contributed by atoms with E-state index < -0.39 is 59.2 Å². The van der Waals surface area contributed by atoms with E-state index in [9.17, 15) is 54.4 Å². The molecule has 0 N–H and O–H groups in total. The van der Waals surface area contributed by atoms with Gasteiger partial charge in [0.1, 0.15) is 5.54 Å². The highest BCUT2D eigenvalue weighted by Gasteiger charge is 2.76. The predicted molar refractivity (Wildman–Crippen MR) is 127 cm³/mol. The van der Waals surface area contributed by atoms with Crippen LogP contribution in [0.3, 0.4) is 0 Å². The second-order valence-electron chi connectivity index (χ2n) is 9.33. The minimum absolute atomic E-state index is 0.00501. The SMILES string of the molecule is CC(=O)N(C(=O)c1cc(-c2cnn(-c3c(OC(F)F)c(C(F)(C(F)(F)F)C(F)(F)F)nn3C)c2)ccc1Cl)C1(C#N)CC1. The zero-order valence-electron chi connectivity index (χ0n) is 21.6. The first kappa shape index (κ1) is 31.7. The van der Waals surface area contributed by atoms with Crippen LogP contribution in [0.5, 0.6) is 5.75 Å². The molecule has 1 aliphatic rings. The zero-order chi connectivity index (χ0) is 32.3. The van der Waals surface area contributed by atoms with E-state index in [1.165, 1.54) is 18.2 Å². The monoisotopic (exact) mass is 642 g/mol. The van der Waals surface area contributed by atoms with Gasteiger partial charge in [0.05, 0.1) is 22.9 Å². The minimum Gasteiger partial charge on any atom is -0.429 e. The molecule has 1 aromatic carbocycles. The molecule has 0 aliphatic heterocycles. The predicted octanol–water partition coefficient (Wildman–Crippen LogP) is 5.86. The summed E-state index contributed by atoms with van der Waals surface area (Å²) >= 11 is 6.17. The second-order valence-corrected chi connectivity index (χ2v) is 9.74. The number of carbonyl (C=O) groups excluding carboxylic acids is 2. The molecule has 0 atom stereocenters. The van der Waals surface area contributed by atoms with Gasteiger partial charge < -0.3 is 4.74 Å². The summed E-state index contributed by atoms with van der Waals surface area (Å²) in [6.07, 6.45) is -11.0. The summed E-state index contributed by atoms with van der Waals surface area (Å²) in [6.45, 7) is -2.93. The van der Waals surface area contributed by atoms with Crippen LogP contribution in [0.15, 0.2) is 30.6 Å². The smallest absolute Gasteiger partial charge is 0.429 e. The number of carbonyl (C=O) groups is 2. The van der Waals surface area contributed by atoms with Crippen LogP contribution in [0.25, 0.3) is 16.9 Å². The van der Waals surface area contributed by atoms with Crippen LogP contribution in [0, 0.1) is 11.3 Å². The Hall–Kier alpha value is -4.27. The molecule has 1 aliphatic carbocycles. The molecule has 3 aromatic rings. The van der Waals surface area contributed by atoms with Gasteiger partial charge in [-0.15, -0.1) is 0 Å². The Bertz CT molecular complexity index is 1620. The van der Waals surface area contributed by atoms with Gasteiger partial charge in [0.25, 0.3) is 5.91 Å². The number of halogens is 10. The van der Waals surface area contributed by atoms with Crippen molar-refractivity contribution in [3.63, 3.8) is 0 Å². The number of aromatic nitrogens is 4. The molecular formula is C24H16ClF9N6O3. The maximum absolute atomic E-state index is 14.8. The Morgan fingerprint density at radius 3 is 2.21 bits per heavy atom. The number of amides is 2. The van der Waals surface area contributed by atoms with Gasteiger partial charge in [-0.05, 0) is 30.5 Å². The fourth-order valence-electron chi connectivity index (χ4n) is 4.32. The standard InChI is InChI=1S/C24H16ClF9N6O3/c1-11(41)40(21(10-35)5-6-21)19(42)14-7-12(3-4-15(14)25)13-8-36-39(9-13)18-16(43-20(26)27)17(37-38(18)2)22(28,23(29,30)31)24(32,33)34/h3-4,7-9,20H,5-6H2,1-2H3. The average Bonchev–Trinajstić information content (AvgIpc) is 3.38. The van der Waals surface area contributed by atoms with Crippen LogP contribution in [0.2, 0.25) is 5.02 Å². The van der Waals surface area contributed by atoms with Crippen molar-refractivity contribution < 1.29 is 53.8 Å². The van der Waals surface area contributed by atoms with Crippen LogP contribution < -0.4 is 4.74 Å². The van der Waals surface area contributed by atoms with Crippen LogP contribution in [0.1, 0.15) is 35.8 Å². The maximum Gasteiger partial charge on any atom is 0.437 e. The Morgan fingerprint density at radius 2 is 1.72 bits per heavy atom. The number of imide groups is 1. The molecule has 0 spiro atoms. The molecule has 4 rings (SSSR count). The molecule has 2 amide bonds. The quantitative estimate of drug-likeness (QED) is 0.299. The van der Waals surface area contributed by atoms with E-state index in [2.05, 4.69) is 14.9 Å². The van der Waals surface area contributed by atoms with Gasteiger partial charge in [0.2, 0.25) is 5.91 Å². The summed E-state index contributed by atoms with van der Waals surface area (Å²) in [6, 6.07) is 5.63. The van der Waals surface area contributed by atoms with Crippen LogP contribution in [0.4, 0.5) is 39.5 Å². The molecule has 0 bridgehead atoms. The van der Waals surface area contributed by atoms with E-state index in [1.807, 2.05) is 6.07 Å². The van der Waals surface area contributed by atoms with Crippen molar-refractivity contribution >= 4 is 23.4 Å². The topological polar surface area (TPSA) is 106 Å². The van der Waals surface area contributed by atoms with Crippen molar-refractivity contribution in [1.82, 2.24) is 24.5 Å². The number of hydrogen-bond acceptors (Lipinski definition) is 6. The second kappa shape index (κ2) is 10.5. The van der Waals surface area contributed by atoms with E-state index in [0.717, 1.165) is 31.3 Å². The Morgan fingerprint density at radius 1 is 1.12 bits per heavy atom. The molecule has 9 nitrogen and oxygen atoms in total. The molecular weight excluding hydrogens is 627 g/mol. The van der Waals surface area contributed by atoms with Crippen molar-refractivity contribution in [2.75, 3.05) is 0 Å². The third kappa shape index (κ3) is 5.26. The molecule has 0 unspecified atom stereocenters. The van der Waals surface area contributed by atoms with Crippen LogP contribution in [-0.2, 0) is 17.5 Å². The lowest BCUT2D eigenvalue weighted by atomic mass is 9.99. The van der Waals surface area contributed by atoms with Crippen molar-refractivity contribution in [2.45, 2.75) is 49.9 Å². The van der Waals surface area contributed by atoms with Gasteiger partial charge in [0, 0.05) is 25.7 Å². The Kier molecular flexibility index (Phi) is 7.71. The molecule has 230 valence electrons. The number of hydrogen-bond donors (Lipinski definition) is 0. The van der Waals surface area contributed by atoms with Gasteiger partial charge in [0.15, 0.2) is 17.3 Å². The number of rotatable bonds is 7. The highest BCUT2D eigenvalue weighted by atomic mass is 35.5. The first-order valence-corrected chi connectivity index (χ1v) is 12.1. The first-order valence-electron chi connectivity index (χ1n) is 11.7. The highest BCUT2D eigenvalue weighted by Crippen LogP contribution is 2.56. The lowest BCUT2D eigenvalue weighted by molar-refractivity contribution is -0.350. The van der Waals surface area contributed by atoms with Gasteiger partial charge in [-0.25, -0.2) is 13.8 Å². The maximum atomic E-state index is 14.8. The summed E-state index contributed by atoms with van der Waals surface area (Å²) in [5, 5.41) is 16.0. The molecule has 1 saturated carbocycles. The summed E-state index contributed by atoms with van der Waals surface area (Å²) < 4.78 is 126. The van der Waals surface area contributed by atoms with E-state index in [4.69, 9.17) is 11.6 Å². The van der Waals surface area contributed by atoms with Gasteiger partial charge in [-0.3, -0.25) is 14.5 Å². The molecule has 43 heavy (non-hydrogen) atoms. The lowest BCUT2D eigenvalue weighted by Crippen LogP contribution is -2.51. The molecule has 2 aromatic heterocycles. The fraction of sp³-hybridized carbons (Fsp3) is 0.375.